The average molecular weight is 225 g/mol. The summed E-state index contributed by atoms with van der Waals surface area (Å²) in [6, 6.07) is 4.39. The Hall–Kier alpha value is -1.91. The third-order valence-electron chi connectivity index (χ3n) is 2.06. The Morgan fingerprint density at radius 2 is 2.12 bits per heavy atom. The first-order chi connectivity index (χ1) is 7.49. The second-order valence-corrected chi connectivity index (χ2v) is 3.46. The molecule has 1 rings (SSSR count). The van der Waals surface area contributed by atoms with Gasteiger partial charge in [0.05, 0.1) is 6.54 Å². The van der Waals surface area contributed by atoms with Gasteiger partial charge in [-0.2, -0.15) is 0 Å². The summed E-state index contributed by atoms with van der Waals surface area (Å²) >= 11 is 0. The molecular weight excluding hydrogens is 213 g/mol. The molecule has 0 unspecified atom stereocenters. The molecule has 0 radical (unpaired) electrons. The number of carboxylic acid groups (broad SMARTS) is 1. The van der Waals surface area contributed by atoms with E-state index in [-0.39, 0.29) is 24.6 Å². The lowest BCUT2D eigenvalue weighted by Crippen LogP contribution is -2.28. The van der Waals surface area contributed by atoms with Crippen LogP contribution in [0.5, 0.6) is 0 Å². The maximum Gasteiger partial charge on any atom is 0.405 e. The number of carbonyl (C=O) groups is 2. The number of benzene rings is 1. The maximum atomic E-state index is 12.9. The van der Waals surface area contributed by atoms with E-state index >= 15 is 0 Å². The Labute approximate surface area is 92.1 Å². The van der Waals surface area contributed by atoms with Gasteiger partial charge in [-0.05, 0) is 24.1 Å². The Morgan fingerprint density at radius 3 is 2.69 bits per heavy atom. The van der Waals surface area contributed by atoms with Gasteiger partial charge in [-0.15, -0.1) is 0 Å². The molecule has 16 heavy (non-hydrogen) atoms. The number of amides is 1. The first-order valence-electron chi connectivity index (χ1n) is 4.72. The zero-order chi connectivity index (χ0) is 12.1. The van der Waals surface area contributed by atoms with Gasteiger partial charge in [0.2, 0.25) is 0 Å². The molecule has 0 bridgehead atoms. The SMILES string of the molecule is Cc1cc(CC(=O)CNC(=O)O)ccc1F. The molecule has 2 N–H and O–H groups in total. The quantitative estimate of drug-likeness (QED) is 0.816. The average Bonchev–Trinajstić information content (AvgIpc) is 2.21. The van der Waals surface area contributed by atoms with Crippen molar-refractivity contribution in [3.8, 4) is 0 Å². The number of hydrogen-bond acceptors (Lipinski definition) is 2. The predicted molar refractivity (Wildman–Crippen MR) is 55.9 cm³/mol. The highest BCUT2D eigenvalue weighted by molar-refractivity contribution is 5.85. The van der Waals surface area contributed by atoms with Gasteiger partial charge in [-0.1, -0.05) is 12.1 Å². The van der Waals surface area contributed by atoms with Gasteiger partial charge in [0.1, 0.15) is 5.82 Å². The Bertz CT molecular complexity index is 418. The van der Waals surface area contributed by atoms with Crippen LogP contribution in [0.3, 0.4) is 0 Å². The molecule has 0 fully saturated rings. The summed E-state index contributed by atoms with van der Waals surface area (Å²) in [5.41, 5.74) is 1.15. The fourth-order valence-corrected chi connectivity index (χ4v) is 1.28. The maximum absolute atomic E-state index is 12.9. The van der Waals surface area contributed by atoms with Crippen molar-refractivity contribution in [2.75, 3.05) is 6.54 Å². The number of ketones is 1. The molecule has 1 amide bonds. The number of nitrogens with one attached hydrogen (secondary N) is 1. The lowest BCUT2D eigenvalue weighted by molar-refractivity contribution is -0.117. The van der Waals surface area contributed by atoms with Crippen LogP contribution in [0.1, 0.15) is 11.1 Å². The summed E-state index contributed by atoms with van der Waals surface area (Å²) in [6.45, 7) is 1.38. The normalized spacial score (nSPS) is 9.88. The Balaban J connectivity index is 2.56. The summed E-state index contributed by atoms with van der Waals surface area (Å²) in [5, 5.41) is 10.3. The molecule has 0 aliphatic rings. The lowest BCUT2D eigenvalue weighted by atomic mass is 10.1. The highest BCUT2D eigenvalue weighted by Crippen LogP contribution is 2.09. The van der Waals surface area contributed by atoms with Crippen molar-refractivity contribution >= 4 is 11.9 Å². The van der Waals surface area contributed by atoms with E-state index in [1.165, 1.54) is 12.1 Å². The molecular formula is C11H12FNO3. The second-order valence-electron chi connectivity index (χ2n) is 3.46. The number of rotatable bonds is 4. The van der Waals surface area contributed by atoms with Crippen LogP contribution in [-0.4, -0.2) is 23.5 Å². The Morgan fingerprint density at radius 1 is 1.44 bits per heavy atom. The lowest BCUT2D eigenvalue weighted by Gasteiger charge is -2.03. The van der Waals surface area contributed by atoms with Gasteiger partial charge >= 0.3 is 6.09 Å². The number of hydrogen-bond donors (Lipinski definition) is 2. The minimum absolute atomic E-state index is 0.0986. The fraction of sp³-hybridized carbons (Fsp3) is 0.273. The summed E-state index contributed by atoms with van der Waals surface area (Å²) in [4.78, 5) is 21.4. The van der Waals surface area contributed by atoms with Gasteiger partial charge in [0, 0.05) is 6.42 Å². The predicted octanol–water partition coefficient (Wildman–Crippen LogP) is 1.51. The molecule has 86 valence electrons. The zero-order valence-electron chi connectivity index (χ0n) is 8.79. The molecule has 0 saturated carbocycles. The number of halogens is 1. The summed E-state index contributed by atoms with van der Waals surface area (Å²) in [6.07, 6.45) is -1.13. The molecule has 4 nitrogen and oxygen atoms in total. The highest BCUT2D eigenvalue weighted by Gasteiger charge is 2.06. The van der Waals surface area contributed by atoms with E-state index in [0.29, 0.717) is 11.1 Å². The standard InChI is InChI=1S/C11H12FNO3/c1-7-4-8(2-3-10(7)12)5-9(14)6-13-11(15)16/h2-4,13H,5-6H2,1H3,(H,15,16). The van der Waals surface area contributed by atoms with Gasteiger partial charge in [-0.25, -0.2) is 9.18 Å². The largest absolute Gasteiger partial charge is 0.465 e. The van der Waals surface area contributed by atoms with Crippen LogP contribution in [0.15, 0.2) is 18.2 Å². The van der Waals surface area contributed by atoms with Gasteiger partial charge < -0.3 is 10.4 Å². The van der Waals surface area contributed by atoms with E-state index < -0.39 is 6.09 Å². The van der Waals surface area contributed by atoms with E-state index in [1.807, 2.05) is 5.32 Å². The Kier molecular flexibility index (Phi) is 3.99. The van der Waals surface area contributed by atoms with Crippen LogP contribution in [0.25, 0.3) is 0 Å². The van der Waals surface area contributed by atoms with Crippen molar-refractivity contribution in [2.24, 2.45) is 0 Å². The summed E-state index contributed by atoms with van der Waals surface area (Å²) < 4.78 is 12.9. The van der Waals surface area contributed by atoms with Crippen LogP contribution >= 0.6 is 0 Å². The van der Waals surface area contributed by atoms with Gasteiger partial charge in [0.15, 0.2) is 5.78 Å². The minimum Gasteiger partial charge on any atom is -0.465 e. The first kappa shape index (κ1) is 12.2. The summed E-state index contributed by atoms with van der Waals surface area (Å²) in [5.74, 6) is -0.576. The second kappa shape index (κ2) is 5.25. The molecule has 0 atom stereocenters. The summed E-state index contributed by atoms with van der Waals surface area (Å²) in [7, 11) is 0. The van der Waals surface area contributed by atoms with Gasteiger partial charge in [-0.3, -0.25) is 4.79 Å². The van der Waals surface area contributed by atoms with Crippen molar-refractivity contribution in [2.45, 2.75) is 13.3 Å². The minimum atomic E-state index is -1.23. The molecule has 0 aliphatic heterocycles. The van der Waals surface area contributed by atoms with E-state index in [0.717, 1.165) is 0 Å². The van der Waals surface area contributed by atoms with Crippen LogP contribution in [0, 0.1) is 12.7 Å². The molecule has 0 aromatic heterocycles. The number of carbonyl (C=O) groups excluding carboxylic acids is 1. The van der Waals surface area contributed by atoms with Crippen molar-refractivity contribution in [1.29, 1.82) is 0 Å². The van der Waals surface area contributed by atoms with E-state index in [4.69, 9.17) is 5.11 Å². The first-order valence-corrected chi connectivity index (χ1v) is 4.72. The van der Waals surface area contributed by atoms with Crippen LogP contribution in [0.2, 0.25) is 0 Å². The van der Waals surface area contributed by atoms with Crippen LogP contribution < -0.4 is 5.32 Å². The van der Waals surface area contributed by atoms with E-state index in [1.54, 1.807) is 13.0 Å². The molecule has 1 aromatic rings. The van der Waals surface area contributed by atoms with Crippen molar-refractivity contribution in [3.63, 3.8) is 0 Å². The molecule has 0 aliphatic carbocycles. The van der Waals surface area contributed by atoms with Crippen molar-refractivity contribution in [1.82, 2.24) is 5.32 Å². The van der Waals surface area contributed by atoms with Gasteiger partial charge in [0.25, 0.3) is 0 Å². The molecule has 5 heteroatoms. The smallest absolute Gasteiger partial charge is 0.405 e. The van der Waals surface area contributed by atoms with Crippen molar-refractivity contribution < 1.29 is 19.1 Å². The zero-order valence-corrected chi connectivity index (χ0v) is 8.79. The number of aryl methyl sites for hydroxylation is 1. The fourth-order valence-electron chi connectivity index (χ4n) is 1.28. The van der Waals surface area contributed by atoms with Crippen molar-refractivity contribution in [3.05, 3.63) is 35.1 Å². The monoisotopic (exact) mass is 225 g/mol. The topological polar surface area (TPSA) is 66.4 Å². The van der Waals surface area contributed by atoms with E-state index in [9.17, 15) is 14.0 Å². The van der Waals surface area contributed by atoms with Crippen LogP contribution in [-0.2, 0) is 11.2 Å². The molecule has 0 saturated heterocycles. The molecule has 0 spiro atoms. The molecule has 1 aromatic carbocycles. The third-order valence-corrected chi connectivity index (χ3v) is 2.06. The highest BCUT2D eigenvalue weighted by atomic mass is 19.1. The van der Waals surface area contributed by atoms with E-state index in [2.05, 4.69) is 0 Å². The number of Topliss-reactive ketones (excluding diaryl/α,β-unsaturated/α-hetero) is 1. The molecule has 0 heterocycles. The van der Waals surface area contributed by atoms with Crippen LogP contribution in [0.4, 0.5) is 9.18 Å². The third kappa shape index (κ3) is 3.68.